The summed E-state index contributed by atoms with van der Waals surface area (Å²) in [5.41, 5.74) is 11.9. The highest BCUT2D eigenvalue weighted by atomic mass is 16.5. The van der Waals surface area contributed by atoms with Gasteiger partial charge in [0.05, 0.1) is 56.6 Å². The van der Waals surface area contributed by atoms with Crippen LogP contribution in [0, 0.1) is 19.8 Å². The highest BCUT2D eigenvalue weighted by molar-refractivity contribution is 6.23. The molecule has 0 amide bonds. The lowest BCUT2D eigenvalue weighted by molar-refractivity contribution is -0.572. The summed E-state index contributed by atoms with van der Waals surface area (Å²) in [6.45, 7) is 16.8. The first-order valence-electron chi connectivity index (χ1n) is 20.4. The van der Waals surface area contributed by atoms with Crippen molar-refractivity contribution in [3.8, 4) is 28.7 Å². The Kier molecular flexibility index (Phi) is 7.30. The fourth-order valence-corrected chi connectivity index (χ4v) is 9.27. The third-order valence-corrected chi connectivity index (χ3v) is 12.1. The topological polar surface area (TPSA) is 57.5 Å². The Morgan fingerprint density at radius 3 is 2.07 bits per heavy atom. The Hall–Kier alpha value is -8.02. The number of nitrogens with zero attached hydrogens (tertiary/aromatic N) is 7. The molecule has 6 aromatic carbocycles. The zero-order valence-electron chi connectivity index (χ0n) is 34.0. The minimum absolute atomic E-state index is 0.0480. The molecule has 0 bridgehead atoms. The molecule has 6 aromatic heterocycles. The van der Waals surface area contributed by atoms with Gasteiger partial charge >= 0.3 is 0 Å². The molecule has 0 aliphatic heterocycles. The van der Waals surface area contributed by atoms with Crippen molar-refractivity contribution in [3.63, 3.8) is 0 Å². The van der Waals surface area contributed by atoms with Crippen LogP contribution in [0.4, 0.5) is 5.69 Å². The molecule has 0 N–H and O–H groups in total. The SMILES string of the molecule is [C-]#[N+]c1cc(Oc2ccc3c4cnc(C)cc4n(-c4cc(C(C)(C)C)ccn4)c3c2)cc(-n2[c-][n+](-c3cc4c5ccccc5n5c6ccccc6c(c3)c45)c3ccccc32)c1. The minimum atomic E-state index is -0.0480. The summed E-state index contributed by atoms with van der Waals surface area (Å²) < 4.78 is 15.5. The number of para-hydroxylation sites is 4. The summed E-state index contributed by atoms with van der Waals surface area (Å²) in [5, 5.41) is 6.91. The Morgan fingerprint density at radius 2 is 1.33 bits per heavy atom. The van der Waals surface area contributed by atoms with Gasteiger partial charge in [-0.15, -0.1) is 0 Å². The second-order valence-corrected chi connectivity index (χ2v) is 16.9. The number of benzene rings is 6. The number of aromatic nitrogens is 6. The molecule has 61 heavy (non-hydrogen) atoms. The summed E-state index contributed by atoms with van der Waals surface area (Å²) >= 11 is 0. The van der Waals surface area contributed by atoms with Gasteiger partial charge < -0.3 is 9.14 Å². The molecule has 8 nitrogen and oxygen atoms in total. The first-order chi connectivity index (χ1) is 29.7. The van der Waals surface area contributed by atoms with Crippen LogP contribution in [0.3, 0.4) is 0 Å². The molecule has 0 saturated heterocycles. The third kappa shape index (κ3) is 5.27. The number of fused-ring (bicyclic) bond motifs is 10. The Morgan fingerprint density at radius 1 is 0.639 bits per heavy atom. The van der Waals surface area contributed by atoms with Crippen molar-refractivity contribution >= 4 is 76.6 Å². The van der Waals surface area contributed by atoms with E-state index in [1.54, 1.807) is 6.07 Å². The molecule has 0 aliphatic rings. The van der Waals surface area contributed by atoms with Crippen molar-refractivity contribution in [2.75, 3.05) is 0 Å². The molecule has 0 spiro atoms. The lowest BCUT2D eigenvalue weighted by Crippen LogP contribution is -2.29. The second-order valence-electron chi connectivity index (χ2n) is 16.9. The number of rotatable bonds is 5. The molecule has 0 saturated carbocycles. The van der Waals surface area contributed by atoms with Gasteiger partial charge in [-0.1, -0.05) is 81.4 Å². The van der Waals surface area contributed by atoms with Crippen LogP contribution in [0.5, 0.6) is 11.5 Å². The van der Waals surface area contributed by atoms with Gasteiger partial charge in [0, 0.05) is 56.5 Å². The van der Waals surface area contributed by atoms with Crippen LogP contribution in [-0.4, -0.2) is 23.5 Å². The van der Waals surface area contributed by atoms with E-state index in [0.717, 1.165) is 55.7 Å². The van der Waals surface area contributed by atoms with Gasteiger partial charge in [-0.3, -0.25) is 18.7 Å². The van der Waals surface area contributed by atoms with E-state index in [9.17, 15) is 0 Å². The first-order valence-corrected chi connectivity index (χ1v) is 20.4. The molecule has 8 heteroatoms. The molecule has 0 unspecified atom stereocenters. The summed E-state index contributed by atoms with van der Waals surface area (Å²) in [4.78, 5) is 13.4. The summed E-state index contributed by atoms with van der Waals surface area (Å²) in [6.07, 6.45) is 7.52. The van der Waals surface area contributed by atoms with Crippen molar-refractivity contribution in [3.05, 3.63) is 181 Å². The number of hydrogen-bond donors (Lipinski definition) is 0. The molecule has 0 aliphatic carbocycles. The molecule has 0 radical (unpaired) electrons. The predicted molar refractivity (Wildman–Crippen MR) is 244 cm³/mol. The van der Waals surface area contributed by atoms with E-state index in [1.807, 2.05) is 48.1 Å². The van der Waals surface area contributed by atoms with E-state index in [0.29, 0.717) is 17.2 Å². The van der Waals surface area contributed by atoms with Crippen LogP contribution in [0.1, 0.15) is 32.0 Å². The Balaban J connectivity index is 1.00. The largest absolute Gasteiger partial charge is 0.459 e. The average Bonchev–Trinajstić information content (AvgIpc) is 4.01. The van der Waals surface area contributed by atoms with Gasteiger partial charge in [-0.2, -0.15) is 0 Å². The molecule has 0 fully saturated rings. The highest BCUT2D eigenvalue weighted by Crippen LogP contribution is 2.41. The Labute approximate surface area is 350 Å². The van der Waals surface area contributed by atoms with E-state index in [-0.39, 0.29) is 5.41 Å². The maximum Gasteiger partial charge on any atom is 0.269 e. The third-order valence-electron chi connectivity index (χ3n) is 12.1. The molecule has 0 atom stereocenters. The number of imidazole rings is 1. The van der Waals surface area contributed by atoms with E-state index >= 15 is 0 Å². The fraction of sp³-hybridized carbons (Fsp3) is 0.0943. The molecule has 12 aromatic rings. The quantitative estimate of drug-likeness (QED) is 0.129. The zero-order valence-corrected chi connectivity index (χ0v) is 34.0. The highest BCUT2D eigenvalue weighted by Gasteiger charge is 2.22. The van der Waals surface area contributed by atoms with Crippen LogP contribution < -0.4 is 9.30 Å². The van der Waals surface area contributed by atoms with Crippen LogP contribution >= 0.6 is 0 Å². The van der Waals surface area contributed by atoms with Crippen LogP contribution in [-0.2, 0) is 5.41 Å². The molecule has 290 valence electrons. The molecular formula is C53H37N7O. The van der Waals surface area contributed by atoms with Crippen LogP contribution in [0.2, 0.25) is 0 Å². The number of ether oxygens (including phenoxy) is 1. The van der Waals surface area contributed by atoms with Gasteiger partial charge in [0.15, 0.2) is 5.69 Å². The van der Waals surface area contributed by atoms with Crippen LogP contribution in [0.15, 0.2) is 152 Å². The predicted octanol–water partition coefficient (Wildman–Crippen LogP) is 12.7. The molecule has 6 heterocycles. The lowest BCUT2D eigenvalue weighted by atomic mass is 9.88. The van der Waals surface area contributed by atoms with Crippen LogP contribution in [0.25, 0.3) is 93.0 Å². The van der Waals surface area contributed by atoms with E-state index < -0.39 is 0 Å². The van der Waals surface area contributed by atoms with Gasteiger partial charge in [0.1, 0.15) is 17.3 Å². The Bertz CT molecular complexity index is 3730. The average molecular weight is 788 g/mol. The van der Waals surface area contributed by atoms with Crippen molar-refractivity contribution < 1.29 is 9.30 Å². The zero-order chi connectivity index (χ0) is 41.1. The number of aryl methyl sites for hydroxylation is 1. The van der Waals surface area contributed by atoms with Gasteiger partial charge in [-0.25, -0.2) is 9.83 Å². The van der Waals surface area contributed by atoms with E-state index in [1.165, 1.54) is 43.7 Å². The van der Waals surface area contributed by atoms with E-state index in [4.69, 9.17) is 16.3 Å². The molecular weight excluding hydrogens is 751 g/mol. The smallest absolute Gasteiger partial charge is 0.269 e. The first kappa shape index (κ1) is 35.0. The standard InChI is InChI=1S/C53H37N7O/c1-32-22-49-44(30-56-32)41-19-18-37(29-50(41)59(49)51-23-33(20-21-55-51)53(2,3)4)61-38-25-34(54-5)24-35(26-38)57-31-58(48-17-11-10-16-47(48)57)36-27-42-39-12-6-8-14-45(39)60-46-15-9-7-13-40(46)43(28-36)52(42)60/h6-30H,1-4H3. The van der Waals surface area contributed by atoms with Crippen molar-refractivity contribution in [1.29, 1.82) is 0 Å². The fourth-order valence-electron chi connectivity index (χ4n) is 9.27. The normalized spacial score (nSPS) is 12.2. The lowest BCUT2D eigenvalue weighted by Gasteiger charge is -2.20. The number of hydrogen-bond acceptors (Lipinski definition) is 3. The summed E-state index contributed by atoms with van der Waals surface area (Å²) in [7, 11) is 0. The maximum atomic E-state index is 8.12. The maximum absolute atomic E-state index is 8.12. The second kappa shape index (κ2) is 12.7. The van der Waals surface area contributed by atoms with Crippen molar-refractivity contribution in [2.45, 2.75) is 33.1 Å². The van der Waals surface area contributed by atoms with E-state index in [2.05, 4.69) is 160 Å². The summed E-state index contributed by atoms with van der Waals surface area (Å²) in [5.74, 6) is 2.02. The van der Waals surface area contributed by atoms with Gasteiger partial charge in [0.25, 0.3) is 6.33 Å². The molecule has 12 rings (SSSR count). The van der Waals surface area contributed by atoms with Crippen molar-refractivity contribution in [1.82, 2.24) is 23.5 Å². The van der Waals surface area contributed by atoms with Gasteiger partial charge in [-0.05, 0) is 90.7 Å². The van der Waals surface area contributed by atoms with Crippen molar-refractivity contribution in [2.24, 2.45) is 0 Å². The number of pyridine rings is 2. The van der Waals surface area contributed by atoms with Gasteiger partial charge in [0.2, 0.25) is 0 Å². The monoisotopic (exact) mass is 787 g/mol. The minimum Gasteiger partial charge on any atom is -0.459 e. The summed E-state index contributed by atoms with van der Waals surface area (Å²) in [6, 6.07) is 48.3.